The highest BCUT2D eigenvalue weighted by Crippen LogP contribution is 2.16. The minimum absolute atomic E-state index is 0. The normalized spacial score (nSPS) is 11.2. The minimum Gasteiger partial charge on any atom is -0.491 e. The number of anilines is 1. The zero-order valence-electron chi connectivity index (χ0n) is 13.5. The number of benzene rings is 1. The molecule has 0 aliphatic carbocycles. The lowest BCUT2D eigenvalue weighted by molar-refractivity contribution is 0.242. The van der Waals surface area contributed by atoms with Crippen molar-refractivity contribution in [2.75, 3.05) is 11.9 Å². The number of guanidine groups is 1. The summed E-state index contributed by atoms with van der Waals surface area (Å²) in [5.41, 5.74) is 6.76. The van der Waals surface area contributed by atoms with E-state index in [1.54, 1.807) is 6.20 Å². The lowest BCUT2D eigenvalue weighted by Crippen LogP contribution is -2.23. The van der Waals surface area contributed by atoms with Crippen LogP contribution >= 0.6 is 24.0 Å². The largest absolute Gasteiger partial charge is 0.491 e. The second-order valence-electron chi connectivity index (χ2n) is 5.21. The molecule has 0 atom stereocenters. The first kappa shape index (κ1) is 19.3. The summed E-state index contributed by atoms with van der Waals surface area (Å²) in [7, 11) is 0. The number of ether oxygens (including phenoxy) is 1. The van der Waals surface area contributed by atoms with Gasteiger partial charge in [0.25, 0.3) is 0 Å². The molecule has 7 heteroatoms. The van der Waals surface area contributed by atoms with Crippen LogP contribution in [0.15, 0.2) is 47.7 Å². The summed E-state index contributed by atoms with van der Waals surface area (Å²) < 4.78 is 7.47. The van der Waals surface area contributed by atoms with Gasteiger partial charge in [0.2, 0.25) is 0 Å². The SMILES string of the molecule is CC(C)Oc1ccc(NC(N)=NCCCn2cccn2)cc1.I. The van der Waals surface area contributed by atoms with Crippen LogP contribution in [0.2, 0.25) is 0 Å². The molecule has 126 valence electrons. The van der Waals surface area contributed by atoms with Crippen LogP contribution in [0.1, 0.15) is 20.3 Å². The molecule has 0 spiro atoms. The van der Waals surface area contributed by atoms with E-state index in [0.717, 1.165) is 24.4 Å². The molecule has 0 aliphatic heterocycles. The Balaban J connectivity index is 0.00000264. The van der Waals surface area contributed by atoms with Gasteiger partial charge in [0.15, 0.2) is 5.96 Å². The van der Waals surface area contributed by atoms with Crippen molar-refractivity contribution in [3.8, 4) is 5.75 Å². The molecular weight excluding hydrogens is 405 g/mol. The molecule has 0 saturated carbocycles. The molecule has 6 nitrogen and oxygen atoms in total. The second-order valence-corrected chi connectivity index (χ2v) is 5.21. The van der Waals surface area contributed by atoms with Crippen molar-refractivity contribution in [2.45, 2.75) is 32.9 Å². The van der Waals surface area contributed by atoms with Crippen molar-refractivity contribution in [2.24, 2.45) is 10.7 Å². The Kier molecular flexibility index (Phi) is 8.46. The summed E-state index contributed by atoms with van der Waals surface area (Å²) in [5, 5.41) is 7.20. The summed E-state index contributed by atoms with van der Waals surface area (Å²) in [5.74, 6) is 1.26. The lowest BCUT2D eigenvalue weighted by atomic mass is 10.3. The number of nitrogens with two attached hydrogens (primary N) is 1. The number of rotatable bonds is 7. The van der Waals surface area contributed by atoms with Crippen LogP contribution in [0.3, 0.4) is 0 Å². The van der Waals surface area contributed by atoms with Crippen LogP contribution in [-0.2, 0) is 6.54 Å². The number of nitrogens with one attached hydrogen (secondary N) is 1. The molecule has 2 aromatic rings. The molecule has 0 fully saturated rings. The van der Waals surface area contributed by atoms with E-state index >= 15 is 0 Å². The molecule has 0 unspecified atom stereocenters. The molecule has 0 saturated heterocycles. The molecule has 1 aromatic carbocycles. The molecule has 1 heterocycles. The van der Waals surface area contributed by atoms with Gasteiger partial charge in [0, 0.05) is 31.2 Å². The molecule has 0 radical (unpaired) electrons. The number of hydrogen-bond acceptors (Lipinski definition) is 3. The molecule has 1 aromatic heterocycles. The van der Waals surface area contributed by atoms with Gasteiger partial charge in [-0.05, 0) is 50.6 Å². The summed E-state index contributed by atoms with van der Waals surface area (Å²) >= 11 is 0. The van der Waals surface area contributed by atoms with Crippen LogP contribution in [-0.4, -0.2) is 28.4 Å². The van der Waals surface area contributed by atoms with E-state index in [9.17, 15) is 0 Å². The zero-order chi connectivity index (χ0) is 15.8. The van der Waals surface area contributed by atoms with Gasteiger partial charge in [0.1, 0.15) is 5.75 Å². The summed E-state index contributed by atoms with van der Waals surface area (Å²) in [6, 6.07) is 9.57. The number of aromatic nitrogens is 2. The van der Waals surface area contributed by atoms with E-state index in [-0.39, 0.29) is 30.1 Å². The van der Waals surface area contributed by atoms with Crippen molar-refractivity contribution in [1.29, 1.82) is 0 Å². The van der Waals surface area contributed by atoms with Gasteiger partial charge < -0.3 is 15.8 Å². The van der Waals surface area contributed by atoms with Gasteiger partial charge in [0.05, 0.1) is 6.10 Å². The average molecular weight is 429 g/mol. The Morgan fingerprint density at radius 1 is 1.35 bits per heavy atom. The predicted molar refractivity (Wildman–Crippen MR) is 105 cm³/mol. The maximum absolute atomic E-state index is 5.87. The van der Waals surface area contributed by atoms with Gasteiger partial charge in [-0.25, -0.2) is 0 Å². The van der Waals surface area contributed by atoms with Crippen LogP contribution in [0, 0.1) is 0 Å². The number of aryl methyl sites for hydroxylation is 1. The predicted octanol–water partition coefficient (Wildman–Crippen LogP) is 3.11. The number of halogens is 1. The summed E-state index contributed by atoms with van der Waals surface area (Å²) in [4.78, 5) is 4.30. The topological polar surface area (TPSA) is 77.5 Å². The van der Waals surface area contributed by atoms with E-state index in [0.29, 0.717) is 12.5 Å². The fraction of sp³-hybridized carbons (Fsp3) is 0.375. The first-order valence-electron chi connectivity index (χ1n) is 7.44. The smallest absolute Gasteiger partial charge is 0.193 e. The van der Waals surface area contributed by atoms with Gasteiger partial charge in [-0.2, -0.15) is 5.10 Å². The first-order valence-corrected chi connectivity index (χ1v) is 7.44. The van der Waals surface area contributed by atoms with Crippen LogP contribution in [0.25, 0.3) is 0 Å². The standard InChI is InChI=1S/C16H23N5O.HI/c1-13(2)22-15-7-5-14(6-8-15)20-16(17)18-9-3-11-21-12-4-10-19-21;/h4-8,10,12-13H,3,9,11H2,1-2H3,(H3,17,18,20);1H. The second kappa shape index (κ2) is 10.1. The molecule has 2 rings (SSSR count). The molecule has 3 N–H and O–H groups in total. The zero-order valence-corrected chi connectivity index (χ0v) is 15.8. The Morgan fingerprint density at radius 3 is 2.70 bits per heavy atom. The lowest BCUT2D eigenvalue weighted by Gasteiger charge is -2.11. The number of aliphatic imine (C=N–C) groups is 1. The maximum atomic E-state index is 5.87. The van der Waals surface area contributed by atoms with Gasteiger partial charge in [-0.1, -0.05) is 0 Å². The summed E-state index contributed by atoms with van der Waals surface area (Å²) in [6.45, 7) is 5.50. The van der Waals surface area contributed by atoms with Crippen molar-refractivity contribution < 1.29 is 4.74 Å². The van der Waals surface area contributed by atoms with E-state index < -0.39 is 0 Å². The molecule has 23 heavy (non-hydrogen) atoms. The van der Waals surface area contributed by atoms with Gasteiger partial charge in [-0.15, -0.1) is 24.0 Å². The molecule has 0 amide bonds. The van der Waals surface area contributed by atoms with Crippen LogP contribution in [0.4, 0.5) is 5.69 Å². The minimum atomic E-state index is 0. The van der Waals surface area contributed by atoms with Crippen LogP contribution < -0.4 is 15.8 Å². The Morgan fingerprint density at radius 2 is 2.09 bits per heavy atom. The third-order valence-electron chi connectivity index (χ3n) is 2.89. The fourth-order valence-electron chi connectivity index (χ4n) is 1.94. The van der Waals surface area contributed by atoms with E-state index in [1.165, 1.54) is 0 Å². The van der Waals surface area contributed by atoms with Gasteiger partial charge >= 0.3 is 0 Å². The molecule has 0 aliphatic rings. The highest BCUT2D eigenvalue weighted by Gasteiger charge is 1.99. The highest BCUT2D eigenvalue weighted by molar-refractivity contribution is 14.0. The third-order valence-corrected chi connectivity index (χ3v) is 2.89. The van der Waals surface area contributed by atoms with E-state index in [4.69, 9.17) is 10.5 Å². The summed E-state index contributed by atoms with van der Waals surface area (Å²) in [6.07, 6.45) is 4.77. The third kappa shape index (κ3) is 7.36. The molecule has 0 bridgehead atoms. The molecular formula is C16H24IN5O. The quantitative estimate of drug-likeness (QED) is 0.307. The van der Waals surface area contributed by atoms with E-state index in [1.807, 2.05) is 55.1 Å². The van der Waals surface area contributed by atoms with Crippen molar-refractivity contribution in [1.82, 2.24) is 9.78 Å². The van der Waals surface area contributed by atoms with Crippen molar-refractivity contribution >= 4 is 35.6 Å². The van der Waals surface area contributed by atoms with Crippen LogP contribution in [0.5, 0.6) is 5.75 Å². The fourth-order valence-corrected chi connectivity index (χ4v) is 1.94. The number of nitrogens with zero attached hydrogens (tertiary/aromatic N) is 3. The average Bonchev–Trinajstić information content (AvgIpc) is 2.98. The highest BCUT2D eigenvalue weighted by atomic mass is 127. The first-order chi connectivity index (χ1) is 10.6. The Hall–Kier alpha value is -1.77. The Labute approximate surface area is 154 Å². The van der Waals surface area contributed by atoms with Crippen molar-refractivity contribution in [3.05, 3.63) is 42.7 Å². The Bertz CT molecular complexity index is 581. The van der Waals surface area contributed by atoms with E-state index in [2.05, 4.69) is 15.4 Å². The monoisotopic (exact) mass is 429 g/mol. The van der Waals surface area contributed by atoms with Gasteiger partial charge in [-0.3, -0.25) is 9.67 Å². The number of hydrogen-bond donors (Lipinski definition) is 2. The van der Waals surface area contributed by atoms with Crippen molar-refractivity contribution in [3.63, 3.8) is 0 Å². The maximum Gasteiger partial charge on any atom is 0.193 e.